The fourth-order valence-electron chi connectivity index (χ4n) is 1.12. The quantitative estimate of drug-likeness (QED) is 0.536. The number of carbonyl (C=O) groups excluding carboxylic acids is 1. The Morgan fingerprint density at radius 1 is 1.54 bits per heavy atom. The van der Waals surface area contributed by atoms with Crippen molar-refractivity contribution in [1.29, 1.82) is 0 Å². The topological polar surface area (TPSA) is 46.5 Å². The van der Waals surface area contributed by atoms with Crippen molar-refractivity contribution in [2.45, 2.75) is 39.7 Å². The van der Waals surface area contributed by atoms with E-state index >= 15 is 0 Å². The summed E-state index contributed by atoms with van der Waals surface area (Å²) < 4.78 is 4.73. The van der Waals surface area contributed by atoms with Crippen LogP contribution in [0.5, 0.6) is 0 Å². The second-order valence-corrected chi connectivity index (χ2v) is 3.73. The highest BCUT2D eigenvalue weighted by atomic mass is 16.5. The van der Waals surface area contributed by atoms with Gasteiger partial charge in [0, 0.05) is 6.08 Å². The molecule has 0 heterocycles. The molecule has 0 bridgehead atoms. The molecule has 3 heteroatoms. The molecule has 0 spiro atoms. The molecule has 0 aliphatic rings. The third-order valence-corrected chi connectivity index (χ3v) is 1.36. The van der Waals surface area contributed by atoms with Crippen molar-refractivity contribution < 1.29 is 14.6 Å². The summed E-state index contributed by atoms with van der Waals surface area (Å²) in [6, 6.07) is 0. The van der Waals surface area contributed by atoms with Crippen molar-refractivity contribution in [3.63, 3.8) is 0 Å². The summed E-state index contributed by atoms with van der Waals surface area (Å²) in [5, 5.41) is 9.44. The standard InChI is InChI=1S/C10H18O3/c1-5-13-9(11)6-8(2)7-10(3,4)12/h6,12H,5,7H2,1-4H3. The summed E-state index contributed by atoms with van der Waals surface area (Å²) in [7, 11) is 0. The van der Waals surface area contributed by atoms with Crippen molar-refractivity contribution in [3.05, 3.63) is 11.6 Å². The van der Waals surface area contributed by atoms with Crippen LogP contribution in [-0.2, 0) is 9.53 Å². The lowest BCUT2D eigenvalue weighted by Crippen LogP contribution is -2.18. The van der Waals surface area contributed by atoms with Gasteiger partial charge < -0.3 is 9.84 Å². The molecule has 0 aromatic carbocycles. The lowest BCUT2D eigenvalue weighted by molar-refractivity contribution is -0.137. The number of aliphatic hydroxyl groups is 1. The van der Waals surface area contributed by atoms with Crippen LogP contribution in [0.1, 0.15) is 34.1 Å². The molecule has 0 fully saturated rings. The molecule has 0 aliphatic heterocycles. The maximum Gasteiger partial charge on any atom is 0.330 e. The first-order chi connectivity index (χ1) is 5.85. The highest BCUT2D eigenvalue weighted by Gasteiger charge is 2.13. The van der Waals surface area contributed by atoms with Gasteiger partial charge >= 0.3 is 5.97 Å². The van der Waals surface area contributed by atoms with Gasteiger partial charge in [-0.15, -0.1) is 0 Å². The van der Waals surface area contributed by atoms with Crippen LogP contribution in [0.15, 0.2) is 11.6 Å². The van der Waals surface area contributed by atoms with E-state index < -0.39 is 5.60 Å². The van der Waals surface area contributed by atoms with E-state index in [1.165, 1.54) is 6.08 Å². The Kier molecular flexibility index (Phi) is 4.70. The molecule has 0 unspecified atom stereocenters. The Morgan fingerprint density at radius 3 is 2.46 bits per heavy atom. The maximum absolute atomic E-state index is 11.0. The average Bonchev–Trinajstić information content (AvgIpc) is 1.81. The lowest BCUT2D eigenvalue weighted by atomic mass is 10.00. The first-order valence-electron chi connectivity index (χ1n) is 4.41. The van der Waals surface area contributed by atoms with Crippen molar-refractivity contribution in [1.82, 2.24) is 0 Å². The molecule has 76 valence electrons. The van der Waals surface area contributed by atoms with Gasteiger partial charge in [-0.05, 0) is 34.1 Å². The van der Waals surface area contributed by atoms with Gasteiger partial charge in [0.2, 0.25) is 0 Å². The average molecular weight is 186 g/mol. The van der Waals surface area contributed by atoms with Crippen molar-refractivity contribution in [2.75, 3.05) is 6.61 Å². The minimum Gasteiger partial charge on any atom is -0.463 e. The third-order valence-electron chi connectivity index (χ3n) is 1.36. The molecule has 0 aromatic rings. The zero-order valence-electron chi connectivity index (χ0n) is 8.76. The third kappa shape index (κ3) is 7.53. The second-order valence-electron chi connectivity index (χ2n) is 3.73. The van der Waals surface area contributed by atoms with Gasteiger partial charge in [-0.3, -0.25) is 0 Å². The normalized spacial score (nSPS) is 12.8. The van der Waals surface area contributed by atoms with Gasteiger partial charge in [0.05, 0.1) is 12.2 Å². The van der Waals surface area contributed by atoms with Gasteiger partial charge in [0.15, 0.2) is 0 Å². The van der Waals surface area contributed by atoms with Gasteiger partial charge in [-0.25, -0.2) is 4.79 Å². The van der Waals surface area contributed by atoms with E-state index in [1.807, 2.05) is 0 Å². The Labute approximate surface area is 79.4 Å². The highest BCUT2D eigenvalue weighted by molar-refractivity contribution is 5.82. The zero-order chi connectivity index (χ0) is 10.5. The molecule has 1 N–H and O–H groups in total. The van der Waals surface area contributed by atoms with E-state index in [-0.39, 0.29) is 5.97 Å². The number of hydrogen-bond donors (Lipinski definition) is 1. The summed E-state index contributed by atoms with van der Waals surface area (Å²) in [5.41, 5.74) is 0.0542. The van der Waals surface area contributed by atoms with Crippen LogP contribution in [0.2, 0.25) is 0 Å². The number of rotatable bonds is 4. The van der Waals surface area contributed by atoms with E-state index in [2.05, 4.69) is 0 Å². The predicted molar refractivity (Wildman–Crippen MR) is 51.3 cm³/mol. The van der Waals surface area contributed by atoms with Crippen LogP contribution in [0, 0.1) is 0 Å². The van der Waals surface area contributed by atoms with Crippen LogP contribution >= 0.6 is 0 Å². The lowest BCUT2D eigenvalue weighted by Gasteiger charge is -2.16. The van der Waals surface area contributed by atoms with E-state index in [9.17, 15) is 9.90 Å². The molecule has 0 rings (SSSR count). The SMILES string of the molecule is CCOC(=O)C=C(C)CC(C)(C)O. The maximum atomic E-state index is 11.0. The molecule has 0 saturated heterocycles. The van der Waals surface area contributed by atoms with Crippen molar-refractivity contribution in [3.8, 4) is 0 Å². The van der Waals surface area contributed by atoms with Crippen LogP contribution in [-0.4, -0.2) is 23.3 Å². The highest BCUT2D eigenvalue weighted by Crippen LogP contribution is 2.14. The van der Waals surface area contributed by atoms with E-state index in [4.69, 9.17) is 4.74 Å². The van der Waals surface area contributed by atoms with Crippen molar-refractivity contribution >= 4 is 5.97 Å². The molecule has 0 aromatic heterocycles. The number of esters is 1. The van der Waals surface area contributed by atoms with E-state index in [0.29, 0.717) is 13.0 Å². The fraction of sp³-hybridized carbons (Fsp3) is 0.700. The van der Waals surface area contributed by atoms with Crippen LogP contribution < -0.4 is 0 Å². The van der Waals surface area contributed by atoms with Crippen LogP contribution in [0.3, 0.4) is 0 Å². The van der Waals surface area contributed by atoms with E-state index in [1.54, 1.807) is 27.7 Å². The second kappa shape index (κ2) is 5.02. The van der Waals surface area contributed by atoms with Crippen LogP contribution in [0.25, 0.3) is 0 Å². The summed E-state index contributed by atoms with van der Waals surface area (Å²) >= 11 is 0. The molecule has 0 saturated carbocycles. The summed E-state index contributed by atoms with van der Waals surface area (Å²) in [4.78, 5) is 11.0. The molecular formula is C10H18O3. The Bertz CT molecular complexity index is 199. The molecular weight excluding hydrogens is 168 g/mol. The Hall–Kier alpha value is -0.830. The molecule has 0 amide bonds. The molecule has 13 heavy (non-hydrogen) atoms. The predicted octanol–water partition coefficient (Wildman–Crippen LogP) is 1.66. The summed E-state index contributed by atoms with van der Waals surface area (Å²) in [6.07, 6.45) is 1.90. The monoisotopic (exact) mass is 186 g/mol. The smallest absolute Gasteiger partial charge is 0.330 e. The van der Waals surface area contributed by atoms with Crippen LogP contribution in [0.4, 0.5) is 0 Å². The molecule has 0 atom stereocenters. The molecule has 0 aliphatic carbocycles. The van der Waals surface area contributed by atoms with E-state index in [0.717, 1.165) is 5.57 Å². The number of ether oxygens (including phenoxy) is 1. The minimum atomic E-state index is -0.771. The molecule has 3 nitrogen and oxygen atoms in total. The van der Waals surface area contributed by atoms with Gasteiger partial charge in [-0.1, -0.05) is 5.57 Å². The van der Waals surface area contributed by atoms with Gasteiger partial charge in [0.1, 0.15) is 0 Å². The number of carbonyl (C=O) groups is 1. The zero-order valence-corrected chi connectivity index (χ0v) is 8.76. The first-order valence-corrected chi connectivity index (χ1v) is 4.41. The van der Waals surface area contributed by atoms with Gasteiger partial charge in [-0.2, -0.15) is 0 Å². The fourth-order valence-corrected chi connectivity index (χ4v) is 1.12. The largest absolute Gasteiger partial charge is 0.463 e. The Balaban J connectivity index is 4.09. The number of hydrogen-bond acceptors (Lipinski definition) is 3. The molecule has 0 radical (unpaired) electrons. The Morgan fingerprint density at radius 2 is 2.08 bits per heavy atom. The summed E-state index contributed by atoms with van der Waals surface area (Å²) in [6.45, 7) is 7.35. The summed E-state index contributed by atoms with van der Waals surface area (Å²) in [5.74, 6) is -0.343. The minimum absolute atomic E-state index is 0.343. The van der Waals surface area contributed by atoms with Gasteiger partial charge in [0.25, 0.3) is 0 Å². The van der Waals surface area contributed by atoms with Crippen molar-refractivity contribution in [2.24, 2.45) is 0 Å². The first kappa shape index (κ1) is 12.2.